The quantitative estimate of drug-likeness (QED) is 0.866. The molecule has 0 aliphatic heterocycles. The Bertz CT molecular complexity index is 538. The van der Waals surface area contributed by atoms with Crippen molar-refractivity contribution >= 4 is 16.6 Å². The summed E-state index contributed by atoms with van der Waals surface area (Å²) < 4.78 is 5.88. The van der Waals surface area contributed by atoms with Gasteiger partial charge in [-0.15, -0.1) is 0 Å². The number of hydrogen-bond donors (Lipinski definition) is 1. The molecule has 102 valence electrons. The van der Waals surface area contributed by atoms with Crippen molar-refractivity contribution in [1.82, 2.24) is 9.88 Å². The normalized spacial score (nSPS) is 11.1. The number of pyridine rings is 1. The second kappa shape index (κ2) is 6.38. The zero-order valence-electron chi connectivity index (χ0n) is 11.6. The van der Waals surface area contributed by atoms with Gasteiger partial charge in [0.05, 0.1) is 17.4 Å². The highest BCUT2D eigenvalue weighted by Crippen LogP contribution is 2.29. The molecule has 2 N–H and O–H groups in total. The Hall–Kier alpha value is -1.81. The summed E-state index contributed by atoms with van der Waals surface area (Å²) in [7, 11) is 0. The Kier molecular flexibility index (Phi) is 4.58. The topological polar surface area (TPSA) is 51.4 Å². The molecule has 1 heterocycles. The summed E-state index contributed by atoms with van der Waals surface area (Å²) in [5.74, 6) is 0.748. The number of anilines is 1. The molecule has 0 aliphatic carbocycles. The number of rotatable bonds is 6. The van der Waals surface area contributed by atoms with Crippen LogP contribution in [0.4, 0.5) is 5.69 Å². The molecule has 0 saturated carbocycles. The zero-order valence-corrected chi connectivity index (χ0v) is 11.6. The Morgan fingerprint density at radius 2 is 1.95 bits per heavy atom. The summed E-state index contributed by atoms with van der Waals surface area (Å²) in [5.41, 5.74) is 7.47. The number of fused-ring (bicyclic) bond motifs is 1. The van der Waals surface area contributed by atoms with Gasteiger partial charge < -0.3 is 15.4 Å². The Morgan fingerprint density at radius 3 is 2.68 bits per heavy atom. The summed E-state index contributed by atoms with van der Waals surface area (Å²) in [4.78, 5) is 6.62. The van der Waals surface area contributed by atoms with Gasteiger partial charge in [-0.3, -0.25) is 4.98 Å². The number of benzene rings is 1. The van der Waals surface area contributed by atoms with Crippen molar-refractivity contribution in [2.24, 2.45) is 0 Å². The third kappa shape index (κ3) is 3.15. The molecule has 0 amide bonds. The second-order valence-corrected chi connectivity index (χ2v) is 4.44. The minimum Gasteiger partial charge on any atom is -0.489 e. The van der Waals surface area contributed by atoms with E-state index >= 15 is 0 Å². The molecule has 2 aromatic rings. The maximum atomic E-state index is 5.97. The van der Waals surface area contributed by atoms with Crippen LogP contribution in [-0.2, 0) is 0 Å². The van der Waals surface area contributed by atoms with Gasteiger partial charge in [0.15, 0.2) is 5.75 Å². The van der Waals surface area contributed by atoms with Crippen LogP contribution in [-0.4, -0.2) is 36.1 Å². The summed E-state index contributed by atoms with van der Waals surface area (Å²) in [6.07, 6.45) is 1.66. The summed E-state index contributed by atoms with van der Waals surface area (Å²) in [6, 6.07) is 7.89. The van der Waals surface area contributed by atoms with Crippen molar-refractivity contribution in [1.29, 1.82) is 0 Å². The molecule has 0 saturated heterocycles. The first kappa shape index (κ1) is 13.6. The summed E-state index contributed by atoms with van der Waals surface area (Å²) >= 11 is 0. The van der Waals surface area contributed by atoms with Gasteiger partial charge in [0.2, 0.25) is 0 Å². The van der Waals surface area contributed by atoms with E-state index in [1.807, 2.05) is 24.3 Å². The number of likely N-dealkylation sites (N-methyl/N-ethyl adjacent to an activating group) is 1. The molecule has 4 nitrogen and oxygen atoms in total. The predicted molar refractivity (Wildman–Crippen MR) is 79.4 cm³/mol. The lowest BCUT2D eigenvalue weighted by Gasteiger charge is -2.19. The molecule has 0 spiro atoms. The maximum absolute atomic E-state index is 5.97. The highest BCUT2D eigenvalue weighted by Gasteiger charge is 2.08. The molecule has 19 heavy (non-hydrogen) atoms. The van der Waals surface area contributed by atoms with E-state index in [4.69, 9.17) is 10.5 Å². The third-order valence-electron chi connectivity index (χ3n) is 3.30. The Labute approximate surface area is 114 Å². The van der Waals surface area contributed by atoms with Gasteiger partial charge in [-0.2, -0.15) is 0 Å². The van der Waals surface area contributed by atoms with Crippen molar-refractivity contribution in [2.45, 2.75) is 13.8 Å². The number of hydrogen-bond acceptors (Lipinski definition) is 4. The Balaban J connectivity index is 2.13. The number of nitrogens with zero attached hydrogens (tertiary/aromatic N) is 2. The van der Waals surface area contributed by atoms with Crippen LogP contribution in [0.15, 0.2) is 30.5 Å². The van der Waals surface area contributed by atoms with Crippen molar-refractivity contribution in [3.63, 3.8) is 0 Å². The highest BCUT2D eigenvalue weighted by molar-refractivity contribution is 5.89. The van der Waals surface area contributed by atoms with Crippen molar-refractivity contribution in [3.05, 3.63) is 30.5 Å². The molecular formula is C15H21N3O. The number of para-hydroxylation sites is 1. The average molecular weight is 259 g/mol. The van der Waals surface area contributed by atoms with E-state index in [2.05, 4.69) is 23.7 Å². The molecule has 2 rings (SSSR count). The van der Waals surface area contributed by atoms with E-state index in [-0.39, 0.29) is 0 Å². The molecule has 0 fully saturated rings. The van der Waals surface area contributed by atoms with Crippen LogP contribution in [0, 0.1) is 0 Å². The molecule has 0 bridgehead atoms. The van der Waals surface area contributed by atoms with Gasteiger partial charge >= 0.3 is 0 Å². The maximum Gasteiger partial charge on any atom is 0.153 e. The molecule has 4 heteroatoms. The van der Waals surface area contributed by atoms with Gasteiger partial charge in [0.25, 0.3) is 0 Å². The van der Waals surface area contributed by atoms with Crippen LogP contribution in [0.25, 0.3) is 10.9 Å². The minimum atomic E-state index is 0.596. The van der Waals surface area contributed by atoms with Crippen molar-refractivity contribution in [2.75, 3.05) is 32.0 Å². The van der Waals surface area contributed by atoms with Crippen LogP contribution in [0.1, 0.15) is 13.8 Å². The van der Waals surface area contributed by atoms with Crippen molar-refractivity contribution < 1.29 is 4.74 Å². The predicted octanol–water partition coefficient (Wildman–Crippen LogP) is 2.54. The lowest BCUT2D eigenvalue weighted by atomic mass is 10.2. The Morgan fingerprint density at radius 1 is 1.21 bits per heavy atom. The molecule has 0 unspecified atom stereocenters. The smallest absolute Gasteiger partial charge is 0.153 e. The van der Waals surface area contributed by atoms with Gasteiger partial charge in [0, 0.05) is 11.9 Å². The molecule has 0 aliphatic rings. The van der Waals surface area contributed by atoms with E-state index in [0.717, 1.165) is 36.3 Å². The zero-order chi connectivity index (χ0) is 13.7. The number of ether oxygens (including phenoxy) is 1. The standard InChI is InChI=1S/C15H21N3O/c1-3-18(4-2)9-10-19-15-12-7-5-6-8-14(12)17-11-13(15)16/h5-8,11H,3-4,9-10,16H2,1-2H3. The van der Waals surface area contributed by atoms with Gasteiger partial charge in [-0.1, -0.05) is 26.0 Å². The van der Waals surface area contributed by atoms with Crippen LogP contribution in [0.3, 0.4) is 0 Å². The molecule has 1 aromatic carbocycles. The third-order valence-corrected chi connectivity index (χ3v) is 3.30. The number of nitrogen functional groups attached to an aromatic ring is 1. The first-order valence-electron chi connectivity index (χ1n) is 6.74. The van der Waals surface area contributed by atoms with Gasteiger partial charge in [0.1, 0.15) is 6.61 Å². The minimum absolute atomic E-state index is 0.596. The fourth-order valence-electron chi connectivity index (χ4n) is 2.11. The highest BCUT2D eigenvalue weighted by atomic mass is 16.5. The molecule has 0 atom stereocenters. The summed E-state index contributed by atoms with van der Waals surface area (Å²) in [6.45, 7) is 7.92. The fraction of sp³-hybridized carbons (Fsp3) is 0.400. The van der Waals surface area contributed by atoms with E-state index in [0.29, 0.717) is 12.3 Å². The van der Waals surface area contributed by atoms with E-state index in [9.17, 15) is 0 Å². The molecular weight excluding hydrogens is 238 g/mol. The van der Waals surface area contributed by atoms with Crippen LogP contribution in [0.5, 0.6) is 5.75 Å². The summed E-state index contributed by atoms with van der Waals surface area (Å²) in [5, 5.41) is 0.974. The van der Waals surface area contributed by atoms with Crippen LogP contribution >= 0.6 is 0 Å². The van der Waals surface area contributed by atoms with Gasteiger partial charge in [-0.25, -0.2) is 0 Å². The van der Waals surface area contributed by atoms with E-state index in [1.165, 1.54) is 0 Å². The second-order valence-electron chi connectivity index (χ2n) is 4.44. The average Bonchev–Trinajstić information content (AvgIpc) is 2.45. The van der Waals surface area contributed by atoms with Crippen molar-refractivity contribution in [3.8, 4) is 5.75 Å². The van der Waals surface area contributed by atoms with E-state index < -0.39 is 0 Å². The lowest BCUT2D eigenvalue weighted by Crippen LogP contribution is -2.28. The largest absolute Gasteiger partial charge is 0.489 e. The SMILES string of the molecule is CCN(CC)CCOc1c(N)cnc2ccccc12. The van der Waals surface area contributed by atoms with E-state index in [1.54, 1.807) is 6.20 Å². The number of nitrogens with two attached hydrogens (primary N) is 1. The van der Waals surface area contributed by atoms with Crippen LogP contribution < -0.4 is 10.5 Å². The van der Waals surface area contributed by atoms with Crippen LogP contribution in [0.2, 0.25) is 0 Å². The van der Waals surface area contributed by atoms with Gasteiger partial charge in [-0.05, 0) is 25.2 Å². The lowest BCUT2D eigenvalue weighted by molar-refractivity contribution is 0.225. The fourth-order valence-corrected chi connectivity index (χ4v) is 2.11. The molecule has 1 aromatic heterocycles. The molecule has 0 radical (unpaired) electrons. The monoisotopic (exact) mass is 259 g/mol. The number of aromatic nitrogens is 1. The first-order chi connectivity index (χ1) is 9.26. The first-order valence-corrected chi connectivity index (χ1v) is 6.74.